The molecule has 0 aliphatic rings. The van der Waals surface area contributed by atoms with Gasteiger partial charge in [0.2, 0.25) is 0 Å². The van der Waals surface area contributed by atoms with Gasteiger partial charge in [-0.1, -0.05) is 22.0 Å². The Morgan fingerprint density at radius 1 is 1.30 bits per heavy atom. The number of hydrogen-bond donors (Lipinski definition) is 0. The number of rotatable bonds is 2. The minimum absolute atomic E-state index is 0.372. The second-order valence-corrected chi connectivity index (χ2v) is 5.90. The maximum atomic E-state index is 11.5. The van der Waals surface area contributed by atoms with Crippen molar-refractivity contribution < 1.29 is 9.53 Å². The zero-order valence-electron chi connectivity index (χ0n) is 10.5. The molecule has 1 aromatic carbocycles. The lowest BCUT2D eigenvalue weighted by atomic mass is 10.1. The third kappa shape index (κ3) is 2.21. The normalized spacial score (nSPS) is 10.7. The molecule has 6 heteroatoms. The number of nitrogens with zero attached hydrogens (tertiary/aromatic N) is 2. The Labute approximate surface area is 127 Å². The summed E-state index contributed by atoms with van der Waals surface area (Å²) in [5.74, 6) is -0.372. The summed E-state index contributed by atoms with van der Waals surface area (Å²) in [4.78, 5) is 20.7. The molecule has 0 amide bonds. The number of hydrogen-bond acceptors (Lipinski definition) is 5. The van der Waals surface area contributed by atoms with Crippen LogP contribution in [0.15, 0.2) is 41.1 Å². The van der Waals surface area contributed by atoms with Crippen molar-refractivity contribution in [2.24, 2.45) is 0 Å². The highest BCUT2D eigenvalue weighted by Gasteiger charge is 2.14. The number of fused-ring (bicyclic) bond motifs is 1. The number of halogens is 1. The van der Waals surface area contributed by atoms with E-state index in [1.807, 2.05) is 24.3 Å². The van der Waals surface area contributed by atoms with E-state index in [0.29, 0.717) is 4.88 Å². The molecule has 0 saturated heterocycles. The van der Waals surface area contributed by atoms with Gasteiger partial charge in [0.25, 0.3) is 0 Å². The fourth-order valence-corrected chi connectivity index (χ4v) is 3.22. The molecule has 20 heavy (non-hydrogen) atoms. The third-order valence-corrected chi connectivity index (χ3v) is 4.54. The molecule has 2 heterocycles. The monoisotopic (exact) mass is 348 g/mol. The van der Waals surface area contributed by atoms with E-state index in [2.05, 4.69) is 25.9 Å². The lowest BCUT2D eigenvalue weighted by Gasteiger charge is -2.04. The van der Waals surface area contributed by atoms with Crippen LogP contribution in [0.5, 0.6) is 0 Å². The molecule has 0 saturated carbocycles. The zero-order valence-corrected chi connectivity index (χ0v) is 12.9. The van der Waals surface area contributed by atoms with Gasteiger partial charge in [-0.05, 0) is 18.2 Å². The van der Waals surface area contributed by atoms with E-state index in [0.717, 1.165) is 25.9 Å². The first kappa shape index (κ1) is 13.2. The van der Waals surface area contributed by atoms with E-state index in [1.54, 1.807) is 6.20 Å². The van der Waals surface area contributed by atoms with Gasteiger partial charge in [0, 0.05) is 21.6 Å². The average molecular weight is 349 g/mol. The van der Waals surface area contributed by atoms with Crippen LogP contribution in [0.3, 0.4) is 0 Å². The molecule has 0 aliphatic carbocycles. The van der Waals surface area contributed by atoms with Crippen LogP contribution in [0.2, 0.25) is 0 Å². The van der Waals surface area contributed by atoms with Gasteiger partial charge in [-0.25, -0.2) is 9.78 Å². The van der Waals surface area contributed by atoms with Gasteiger partial charge >= 0.3 is 5.97 Å². The van der Waals surface area contributed by atoms with Crippen LogP contribution in [0, 0.1) is 0 Å². The van der Waals surface area contributed by atoms with Crippen molar-refractivity contribution in [3.05, 3.63) is 46.0 Å². The van der Waals surface area contributed by atoms with Crippen molar-refractivity contribution in [3.8, 4) is 10.6 Å². The number of thiazole rings is 1. The van der Waals surface area contributed by atoms with Crippen molar-refractivity contribution in [3.63, 3.8) is 0 Å². The lowest BCUT2D eigenvalue weighted by molar-refractivity contribution is 0.0606. The highest BCUT2D eigenvalue weighted by Crippen LogP contribution is 2.33. The van der Waals surface area contributed by atoms with Crippen LogP contribution < -0.4 is 0 Å². The molecule has 100 valence electrons. The molecule has 4 nitrogen and oxygen atoms in total. The fraction of sp³-hybridized carbons (Fsp3) is 0.0714. The maximum Gasteiger partial charge on any atom is 0.349 e. The second-order valence-electron chi connectivity index (χ2n) is 4.02. The maximum absolute atomic E-state index is 11.5. The molecular formula is C14H9BrN2O2S. The largest absolute Gasteiger partial charge is 0.465 e. The first-order valence-electron chi connectivity index (χ1n) is 5.78. The summed E-state index contributed by atoms with van der Waals surface area (Å²) in [5, 5.41) is 1.77. The number of pyridine rings is 1. The Morgan fingerprint density at radius 2 is 2.15 bits per heavy atom. The van der Waals surface area contributed by atoms with Crippen LogP contribution >= 0.6 is 27.3 Å². The molecule has 0 radical (unpaired) electrons. The van der Waals surface area contributed by atoms with E-state index in [1.165, 1.54) is 24.6 Å². The summed E-state index contributed by atoms with van der Waals surface area (Å²) in [6, 6.07) is 7.78. The number of ether oxygens (including phenoxy) is 1. The molecule has 0 bridgehead atoms. The minimum Gasteiger partial charge on any atom is -0.465 e. The molecule has 0 atom stereocenters. The van der Waals surface area contributed by atoms with Crippen molar-refractivity contribution in [1.29, 1.82) is 0 Å². The van der Waals surface area contributed by atoms with E-state index in [-0.39, 0.29) is 5.97 Å². The number of methoxy groups -OCH3 is 1. The number of carbonyl (C=O) groups excluding carboxylic acids is 1. The van der Waals surface area contributed by atoms with Gasteiger partial charge in [-0.3, -0.25) is 4.98 Å². The molecule has 0 unspecified atom stereocenters. The van der Waals surface area contributed by atoms with E-state index >= 15 is 0 Å². The van der Waals surface area contributed by atoms with E-state index in [9.17, 15) is 4.79 Å². The van der Waals surface area contributed by atoms with E-state index in [4.69, 9.17) is 4.74 Å². The zero-order chi connectivity index (χ0) is 14.1. The smallest absolute Gasteiger partial charge is 0.349 e. The van der Waals surface area contributed by atoms with Crippen LogP contribution in [0.1, 0.15) is 9.67 Å². The van der Waals surface area contributed by atoms with Crippen molar-refractivity contribution in [2.45, 2.75) is 0 Å². The van der Waals surface area contributed by atoms with Crippen LogP contribution in [0.25, 0.3) is 21.5 Å². The first-order valence-corrected chi connectivity index (χ1v) is 7.39. The Kier molecular flexibility index (Phi) is 3.50. The number of benzene rings is 1. The molecule has 0 aliphatic heterocycles. The number of carbonyl (C=O) groups is 1. The van der Waals surface area contributed by atoms with Gasteiger partial charge in [-0.2, -0.15) is 0 Å². The lowest BCUT2D eigenvalue weighted by Crippen LogP contribution is -1.96. The molecule has 3 aromatic rings. The highest BCUT2D eigenvalue weighted by atomic mass is 79.9. The van der Waals surface area contributed by atoms with Gasteiger partial charge in [0.05, 0.1) is 18.8 Å². The molecule has 2 aromatic heterocycles. The van der Waals surface area contributed by atoms with Crippen molar-refractivity contribution >= 4 is 44.1 Å². The van der Waals surface area contributed by atoms with Gasteiger partial charge in [-0.15, -0.1) is 11.3 Å². The molecule has 0 fully saturated rings. The SMILES string of the molecule is COC(=O)c1cnc(-c2ccc(Br)c3cccnc23)s1. The summed E-state index contributed by atoms with van der Waals surface area (Å²) < 4.78 is 5.68. The predicted octanol–water partition coefficient (Wildman–Crippen LogP) is 3.91. The Bertz CT molecular complexity index is 801. The number of esters is 1. The summed E-state index contributed by atoms with van der Waals surface area (Å²) >= 11 is 4.81. The van der Waals surface area contributed by atoms with Crippen LogP contribution in [-0.4, -0.2) is 23.0 Å². The highest BCUT2D eigenvalue weighted by molar-refractivity contribution is 9.10. The van der Waals surface area contributed by atoms with Gasteiger partial charge < -0.3 is 4.74 Å². The number of aromatic nitrogens is 2. The fourth-order valence-electron chi connectivity index (χ4n) is 1.90. The average Bonchev–Trinajstić information content (AvgIpc) is 2.97. The standard InChI is InChI=1S/C14H9BrN2O2S/c1-19-14(18)11-7-17-13(20-11)9-4-5-10(15)8-3-2-6-16-12(8)9/h2-7H,1H3. The van der Waals surface area contributed by atoms with Gasteiger partial charge in [0.15, 0.2) is 0 Å². The molecule has 0 spiro atoms. The van der Waals surface area contributed by atoms with Gasteiger partial charge in [0.1, 0.15) is 9.88 Å². The minimum atomic E-state index is -0.372. The van der Waals surface area contributed by atoms with Crippen molar-refractivity contribution in [1.82, 2.24) is 9.97 Å². The Balaban J connectivity index is 2.17. The van der Waals surface area contributed by atoms with Crippen LogP contribution in [-0.2, 0) is 4.74 Å². The second kappa shape index (κ2) is 5.30. The summed E-state index contributed by atoms with van der Waals surface area (Å²) in [6.07, 6.45) is 3.27. The summed E-state index contributed by atoms with van der Waals surface area (Å²) in [5.41, 5.74) is 1.76. The van der Waals surface area contributed by atoms with E-state index < -0.39 is 0 Å². The molecular weight excluding hydrogens is 340 g/mol. The molecule has 3 rings (SSSR count). The molecule has 0 N–H and O–H groups in total. The summed E-state index contributed by atoms with van der Waals surface area (Å²) in [6.45, 7) is 0. The Morgan fingerprint density at radius 3 is 2.95 bits per heavy atom. The summed E-state index contributed by atoms with van der Waals surface area (Å²) in [7, 11) is 1.36. The third-order valence-electron chi connectivity index (χ3n) is 2.84. The predicted molar refractivity (Wildman–Crippen MR) is 81.9 cm³/mol. The quantitative estimate of drug-likeness (QED) is 0.659. The first-order chi connectivity index (χ1) is 9.70. The topological polar surface area (TPSA) is 52.1 Å². The van der Waals surface area contributed by atoms with Crippen LogP contribution in [0.4, 0.5) is 0 Å². The Hall–Kier alpha value is -1.79. The van der Waals surface area contributed by atoms with Crippen molar-refractivity contribution in [2.75, 3.05) is 7.11 Å².